The summed E-state index contributed by atoms with van der Waals surface area (Å²) in [5.41, 5.74) is 1.79. The van der Waals surface area contributed by atoms with Crippen LogP contribution >= 0.6 is 0 Å². The first-order valence-corrected chi connectivity index (χ1v) is 7.42. The van der Waals surface area contributed by atoms with E-state index in [2.05, 4.69) is 17.6 Å². The lowest BCUT2D eigenvalue weighted by Crippen LogP contribution is -2.49. The topological polar surface area (TPSA) is 61.4 Å². The van der Waals surface area contributed by atoms with E-state index in [1.54, 1.807) is 0 Å². The van der Waals surface area contributed by atoms with Crippen molar-refractivity contribution >= 4 is 11.6 Å². The molecule has 0 radical (unpaired) electrons. The molecule has 110 valence electrons. The van der Waals surface area contributed by atoms with E-state index >= 15 is 0 Å². The Morgan fingerprint density at radius 1 is 1.35 bits per heavy atom. The second-order valence-corrected chi connectivity index (χ2v) is 5.60. The maximum Gasteiger partial charge on any atom is 0.238 e. The predicted octanol–water partition coefficient (Wildman–Crippen LogP) is 2.08. The van der Waals surface area contributed by atoms with Gasteiger partial charge in [0, 0.05) is 11.2 Å². The number of hydrogen-bond acceptors (Lipinski definition) is 3. The van der Waals surface area contributed by atoms with Crippen LogP contribution in [0.1, 0.15) is 38.2 Å². The minimum atomic E-state index is -0.247. The molecule has 0 aromatic heterocycles. The fraction of sp³-hybridized carbons (Fsp3) is 0.562. The molecule has 0 atom stereocenters. The largest absolute Gasteiger partial charge is 0.394 e. The van der Waals surface area contributed by atoms with Gasteiger partial charge in [-0.3, -0.25) is 4.79 Å². The first-order chi connectivity index (χ1) is 9.67. The van der Waals surface area contributed by atoms with E-state index in [1.807, 2.05) is 24.3 Å². The summed E-state index contributed by atoms with van der Waals surface area (Å²) in [6, 6.07) is 7.89. The highest BCUT2D eigenvalue weighted by molar-refractivity contribution is 5.92. The zero-order valence-electron chi connectivity index (χ0n) is 12.1. The van der Waals surface area contributed by atoms with E-state index in [0.29, 0.717) is 0 Å². The Morgan fingerprint density at radius 3 is 2.75 bits per heavy atom. The van der Waals surface area contributed by atoms with Gasteiger partial charge < -0.3 is 15.7 Å². The number of carbonyl (C=O) groups is 1. The second-order valence-electron chi connectivity index (χ2n) is 5.60. The van der Waals surface area contributed by atoms with Gasteiger partial charge in [-0.1, -0.05) is 31.9 Å². The summed E-state index contributed by atoms with van der Waals surface area (Å²) >= 11 is 0. The zero-order valence-corrected chi connectivity index (χ0v) is 12.1. The van der Waals surface area contributed by atoms with Gasteiger partial charge in [-0.25, -0.2) is 0 Å². The highest BCUT2D eigenvalue weighted by Crippen LogP contribution is 2.28. The SMILES string of the molecule is CCc1cccc(NC(=O)CNC2(CO)CCCC2)c1. The number of rotatable bonds is 6. The van der Waals surface area contributed by atoms with Crippen molar-refractivity contribution in [3.05, 3.63) is 29.8 Å². The van der Waals surface area contributed by atoms with E-state index in [0.717, 1.165) is 37.8 Å². The molecule has 0 heterocycles. The van der Waals surface area contributed by atoms with Crippen LogP contribution in [0.25, 0.3) is 0 Å². The molecule has 0 bridgehead atoms. The quantitative estimate of drug-likeness (QED) is 0.745. The molecule has 0 unspecified atom stereocenters. The average Bonchev–Trinajstić information content (AvgIpc) is 2.95. The van der Waals surface area contributed by atoms with Crippen molar-refractivity contribution in [2.24, 2.45) is 0 Å². The molecule has 1 aromatic carbocycles. The van der Waals surface area contributed by atoms with E-state index in [1.165, 1.54) is 5.56 Å². The first kappa shape index (κ1) is 15.0. The van der Waals surface area contributed by atoms with Crippen LogP contribution in [0.15, 0.2) is 24.3 Å². The molecule has 0 saturated heterocycles. The van der Waals surface area contributed by atoms with Crippen LogP contribution in [0.2, 0.25) is 0 Å². The molecule has 1 aliphatic carbocycles. The molecular weight excluding hydrogens is 252 g/mol. The normalized spacial score (nSPS) is 17.1. The Balaban J connectivity index is 1.85. The fourth-order valence-electron chi connectivity index (χ4n) is 2.78. The number of aryl methyl sites for hydroxylation is 1. The van der Waals surface area contributed by atoms with Crippen molar-refractivity contribution in [2.45, 2.75) is 44.6 Å². The Bertz CT molecular complexity index is 454. The van der Waals surface area contributed by atoms with Gasteiger partial charge in [-0.05, 0) is 37.0 Å². The number of aliphatic hydroxyl groups excluding tert-OH is 1. The van der Waals surface area contributed by atoms with Crippen LogP contribution in [0.3, 0.4) is 0 Å². The third kappa shape index (κ3) is 3.81. The molecule has 0 aliphatic heterocycles. The Morgan fingerprint density at radius 2 is 2.10 bits per heavy atom. The summed E-state index contributed by atoms with van der Waals surface area (Å²) in [5.74, 6) is -0.0574. The molecule has 1 aliphatic rings. The number of amides is 1. The maximum absolute atomic E-state index is 12.0. The van der Waals surface area contributed by atoms with Crippen molar-refractivity contribution in [3.8, 4) is 0 Å². The summed E-state index contributed by atoms with van der Waals surface area (Å²) in [5, 5.41) is 15.6. The molecule has 4 heteroatoms. The number of hydrogen-bond donors (Lipinski definition) is 3. The Hall–Kier alpha value is -1.39. The van der Waals surface area contributed by atoms with Gasteiger partial charge in [0.2, 0.25) is 5.91 Å². The summed E-state index contributed by atoms with van der Waals surface area (Å²) in [4.78, 5) is 12.0. The van der Waals surface area contributed by atoms with Crippen LogP contribution < -0.4 is 10.6 Å². The fourth-order valence-corrected chi connectivity index (χ4v) is 2.78. The Kier molecular flexibility index (Phi) is 5.15. The van der Waals surface area contributed by atoms with Gasteiger partial charge in [-0.15, -0.1) is 0 Å². The number of anilines is 1. The monoisotopic (exact) mass is 276 g/mol. The van der Waals surface area contributed by atoms with Crippen LogP contribution in [-0.2, 0) is 11.2 Å². The molecule has 20 heavy (non-hydrogen) atoms. The van der Waals surface area contributed by atoms with Crippen LogP contribution in [0.5, 0.6) is 0 Å². The van der Waals surface area contributed by atoms with Crippen LogP contribution in [-0.4, -0.2) is 29.7 Å². The van der Waals surface area contributed by atoms with Gasteiger partial charge in [0.15, 0.2) is 0 Å². The van der Waals surface area contributed by atoms with Crippen molar-refractivity contribution in [1.82, 2.24) is 5.32 Å². The van der Waals surface area contributed by atoms with Gasteiger partial charge in [0.25, 0.3) is 0 Å². The summed E-state index contributed by atoms with van der Waals surface area (Å²) in [6.45, 7) is 2.44. The molecule has 0 spiro atoms. The summed E-state index contributed by atoms with van der Waals surface area (Å²) in [7, 11) is 0. The van der Waals surface area contributed by atoms with Crippen molar-refractivity contribution < 1.29 is 9.90 Å². The van der Waals surface area contributed by atoms with Crippen LogP contribution in [0, 0.1) is 0 Å². The zero-order chi connectivity index (χ0) is 14.4. The highest BCUT2D eigenvalue weighted by atomic mass is 16.3. The number of nitrogens with one attached hydrogen (secondary N) is 2. The third-order valence-electron chi connectivity index (χ3n) is 4.11. The minimum absolute atomic E-state index is 0.0574. The van der Waals surface area contributed by atoms with Gasteiger partial charge >= 0.3 is 0 Å². The lowest BCUT2D eigenvalue weighted by molar-refractivity contribution is -0.115. The van der Waals surface area contributed by atoms with Crippen molar-refractivity contribution in [3.63, 3.8) is 0 Å². The molecule has 1 aromatic rings. The molecule has 2 rings (SSSR count). The molecule has 4 nitrogen and oxygen atoms in total. The minimum Gasteiger partial charge on any atom is -0.394 e. The third-order valence-corrected chi connectivity index (χ3v) is 4.11. The summed E-state index contributed by atoms with van der Waals surface area (Å²) < 4.78 is 0. The predicted molar refractivity (Wildman–Crippen MR) is 80.7 cm³/mol. The van der Waals surface area contributed by atoms with Gasteiger partial charge in [0.05, 0.1) is 13.2 Å². The van der Waals surface area contributed by atoms with E-state index < -0.39 is 0 Å². The van der Waals surface area contributed by atoms with Crippen molar-refractivity contribution in [1.29, 1.82) is 0 Å². The number of benzene rings is 1. The van der Waals surface area contributed by atoms with Crippen LogP contribution in [0.4, 0.5) is 5.69 Å². The average molecular weight is 276 g/mol. The molecular formula is C16H24N2O2. The lowest BCUT2D eigenvalue weighted by atomic mass is 9.99. The molecule has 1 fully saturated rings. The summed E-state index contributed by atoms with van der Waals surface area (Å²) in [6.07, 6.45) is 5.08. The molecule has 3 N–H and O–H groups in total. The molecule has 1 amide bonds. The second kappa shape index (κ2) is 6.86. The number of carbonyl (C=O) groups excluding carboxylic acids is 1. The van der Waals surface area contributed by atoms with E-state index in [4.69, 9.17) is 0 Å². The Labute approximate surface area is 120 Å². The maximum atomic E-state index is 12.0. The van der Waals surface area contributed by atoms with E-state index in [9.17, 15) is 9.90 Å². The highest BCUT2D eigenvalue weighted by Gasteiger charge is 2.32. The standard InChI is InChI=1S/C16H24N2O2/c1-2-13-6-5-7-14(10-13)18-15(20)11-17-16(12-19)8-3-4-9-16/h5-7,10,17,19H,2-4,8-9,11-12H2,1H3,(H,18,20). The number of aliphatic hydroxyl groups is 1. The lowest BCUT2D eigenvalue weighted by Gasteiger charge is -2.27. The van der Waals surface area contributed by atoms with Crippen molar-refractivity contribution in [2.75, 3.05) is 18.5 Å². The molecule has 1 saturated carbocycles. The van der Waals surface area contributed by atoms with E-state index in [-0.39, 0.29) is 24.6 Å². The smallest absolute Gasteiger partial charge is 0.238 e. The van der Waals surface area contributed by atoms with Gasteiger partial charge in [0.1, 0.15) is 0 Å². The first-order valence-electron chi connectivity index (χ1n) is 7.42. The van der Waals surface area contributed by atoms with Gasteiger partial charge in [-0.2, -0.15) is 0 Å².